The van der Waals surface area contributed by atoms with Gasteiger partial charge in [-0.05, 0) is 31.5 Å². The number of aromatic nitrogens is 2. The molecule has 0 saturated heterocycles. The van der Waals surface area contributed by atoms with E-state index in [9.17, 15) is 5.11 Å². The molecule has 0 amide bonds. The number of aryl methyl sites for hydroxylation is 2. The lowest BCUT2D eigenvalue weighted by Crippen LogP contribution is -2.32. The number of aliphatic hydroxyl groups is 1. The highest BCUT2D eigenvalue weighted by Crippen LogP contribution is 2.20. The Kier molecular flexibility index (Phi) is 4.22. The Hall–Kier alpha value is -1.81. The fourth-order valence-corrected chi connectivity index (χ4v) is 2.33. The molecule has 1 aromatic carbocycles. The fourth-order valence-electron chi connectivity index (χ4n) is 2.33. The molecule has 1 atom stereocenters. The Labute approximate surface area is 114 Å². The first-order chi connectivity index (χ1) is 9.06. The van der Waals surface area contributed by atoms with Crippen LogP contribution in [0.5, 0.6) is 0 Å². The van der Waals surface area contributed by atoms with Crippen molar-refractivity contribution in [3.05, 3.63) is 47.8 Å². The first kappa shape index (κ1) is 13.6. The van der Waals surface area contributed by atoms with Crippen LogP contribution in [0.2, 0.25) is 0 Å². The third-order valence-corrected chi connectivity index (χ3v) is 3.21. The zero-order chi connectivity index (χ0) is 13.8. The highest BCUT2D eigenvalue weighted by atomic mass is 16.3. The van der Waals surface area contributed by atoms with Crippen molar-refractivity contribution in [2.45, 2.75) is 26.5 Å². The van der Waals surface area contributed by atoms with Gasteiger partial charge in [0.1, 0.15) is 0 Å². The summed E-state index contributed by atoms with van der Waals surface area (Å²) >= 11 is 0. The largest absolute Gasteiger partial charge is 0.389 e. The number of hydrogen-bond acceptors (Lipinski definition) is 3. The number of aliphatic hydroxyl groups excluding tert-OH is 1. The average Bonchev–Trinajstić information content (AvgIpc) is 2.81. The van der Waals surface area contributed by atoms with Gasteiger partial charge in [0.15, 0.2) is 0 Å². The average molecular weight is 259 g/mol. The standard InChI is InChI=1S/C15H21N3O/c1-12-5-6-15(13(2)9-12)17(3)10-14(19)11-18-8-4-7-16-18/h4-9,14,19H,10-11H2,1-3H3/t14-/m0/s1. The molecular weight excluding hydrogens is 238 g/mol. The molecule has 4 nitrogen and oxygen atoms in total. The van der Waals surface area contributed by atoms with E-state index in [1.807, 2.05) is 19.3 Å². The molecule has 1 N–H and O–H groups in total. The number of anilines is 1. The predicted octanol–water partition coefficient (Wildman–Crippen LogP) is 2.00. The first-order valence-corrected chi connectivity index (χ1v) is 6.50. The Morgan fingerprint density at radius 2 is 2.16 bits per heavy atom. The number of rotatable bonds is 5. The van der Waals surface area contributed by atoms with E-state index in [0.29, 0.717) is 13.1 Å². The summed E-state index contributed by atoms with van der Waals surface area (Å²) in [5, 5.41) is 14.2. The van der Waals surface area contributed by atoms with Crippen molar-refractivity contribution in [3.63, 3.8) is 0 Å². The summed E-state index contributed by atoms with van der Waals surface area (Å²) in [4.78, 5) is 2.09. The van der Waals surface area contributed by atoms with Crippen LogP contribution >= 0.6 is 0 Å². The van der Waals surface area contributed by atoms with E-state index >= 15 is 0 Å². The summed E-state index contributed by atoms with van der Waals surface area (Å²) in [6, 6.07) is 8.22. The van der Waals surface area contributed by atoms with Crippen molar-refractivity contribution in [2.75, 3.05) is 18.5 Å². The molecule has 1 aromatic heterocycles. The van der Waals surface area contributed by atoms with E-state index < -0.39 is 6.10 Å². The molecule has 0 aliphatic heterocycles. The first-order valence-electron chi connectivity index (χ1n) is 6.50. The van der Waals surface area contributed by atoms with E-state index in [4.69, 9.17) is 0 Å². The minimum atomic E-state index is -0.439. The Bertz CT molecular complexity index is 522. The molecule has 2 aromatic rings. The third kappa shape index (κ3) is 3.58. The summed E-state index contributed by atoms with van der Waals surface area (Å²) in [6.45, 7) is 5.29. The molecule has 0 aliphatic carbocycles. The summed E-state index contributed by atoms with van der Waals surface area (Å²) in [5.74, 6) is 0. The molecule has 4 heteroatoms. The number of hydrogen-bond donors (Lipinski definition) is 1. The van der Waals surface area contributed by atoms with Crippen molar-refractivity contribution in [2.24, 2.45) is 0 Å². The summed E-state index contributed by atoms with van der Waals surface area (Å²) in [6.07, 6.45) is 3.14. The van der Waals surface area contributed by atoms with Gasteiger partial charge in [0.25, 0.3) is 0 Å². The van der Waals surface area contributed by atoms with Gasteiger partial charge in [-0.25, -0.2) is 0 Å². The Morgan fingerprint density at radius 3 is 2.79 bits per heavy atom. The minimum Gasteiger partial charge on any atom is -0.389 e. The van der Waals surface area contributed by atoms with Crippen LogP contribution in [0, 0.1) is 13.8 Å². The van der Waals surface area contributed by atoms with Crippen LogP contribution < -0.4 is 4.90 Å². The van der Waals surface area contributed by atoms with Gasteiger partial charge >= 0.3 is 0 Å². The zero-order valence-corrected chi connectivity index (χ0v) is 11.7. The molecule has 19 heavy (non-hydrogen) atoms. The second-order valence-electron chi connectivity index (χ2n) is 5.05. The highest BCUT2D eigenvalue weighted by Gasteiger charge is 2.11. The maximum absolute atomic E-state index is 10.1. The SMILES string of the molecule is Cc1ccc(N(C)C[C@H](O)Cn2cccn2)c(C)c1. The normalized spacial score (nSPS) is 12.4. The van der Waals surface area contributed by atoms with Crippen molar-refractivity contribution in [1.29, 1.82) is 0 Å². The predicted molar refractivity (Wildman–Crippen MR) is 77.4 cm³/mol. The van der Waals surface area contributed by atoms with Crippen molar-refractivity contribution < 1.29 is 5.11 Å². The van der Waals surface area contributed by atoms with Gasteiger partial charge in [-0.15, -0.1) is 0 Å². The third-order valence-electron chi connectivity index (χ3n) is 3.21. The zero-order valence-electron chi connectivity index (χ0n) is 11.7. The van der Waals surface area contributed by atoms with Crippen LogP contribution in [-0.4, -0.2) is 34.6 Å². The van der Waals surface area contributed by atoms with Crippen LogP contribution in [0.15, 0.2) is 36.7 Å². The van der Waals surface area contributed by atoms with Gasteiger partial charge in [0.05, 0.1) is 12.6 Å². The van der Waals surface area contributed by atoms with Gasteiger partial charge in [-0.1, -0.05) is 17.7 Å². The van der Waals surface area contributed by atoms with E-state index in [1.165, 1.54) is 11.1 Å². The van der Waals surface area contributed by atoms with Gasteiger partial charge < -0.3 is 10.0 Å². The molecule has 0 unspecified atom stereocenters. The highest BCUT2D eigenvalue weighted by molar-refractivity contribution is 5.53. The number of likely N-dealkylation sites (N-methyl/N-ethyl adjacent to an activating group) is 1. The van der Waals surface area contributed by atoms with E-state index in [0.717, 1.165) is 5.69 Å². The van der Waals surface area contributed by atoms with Crippen molar-refractivity contribution in [1.82, 2.24) is 9.78 Å². The molecule has 0 radical (unpaired) electrons. The lowest BCUT2D eigenvalue weighted by molar-refractivity contribution is 0.156. The lowest BCUT2D eigenvalue weighted by atomic mass is 10.1. The molecule has 0 aliphatic rings. The molecule has 0 fully saturated rings. The molecule has 102 valence electrons. The van der Waals surface area contributed by atoms with E-state index in [1.54, 1.807) is 10.9 Å². The Morgan fingerprint density at radius 1 is 1.37 bits per heavy atom. The molecule has 2 rings (SSSR count). The van der Waals surface area contributed by atoms with E-state index in [2.05, 4.69) is 42.0 Å². The lowest BCUT2D eigenvalue weighted by Gasteiger charge is -2.24. The monoisotopic (exact) mass is 259 g/mol. The fraction of sp³-hybridized carbons (Fsp3) is 0.400. The van der Waals surface area contributed by atoms with Crippen molar-refractivity contribution >= 4 is 5.69 Å². The summed E-state index contributed by atoms with van der Waals surface area (Å²) in [7, 11) is 2.00. The van der Waals surface area contributed by atoms with Crippen LogP contribution in [-0.2, 0) is 6.54 Å². The second-order valence-corrected chi connectivity index (χ2v) is 5.05. The molecule has 0 bridgehead atoms. The maximum Gasteiger partial charge on any atom is 0.0910 e. The number of nitrogens with zero attached hydrogens (tertiary/aromatic N) is 3. The summed E-state index contributed by atoms with van der Waals surface area (Å²) < 4.78 is 1.75. The van der Waals surface area contributed by atoms with Crippen LogP contribution in [0.1, 0.15) is 11.1 Å². The van der Waals surface area contributed by atoms with Gasteiger partial charge in [0.2, 0.25) is 0 Å². The molecule has 0 spiro atoms. The topological polar surface area (TPSA) is 41.3 Å². The minimum absolute atomic E-state index is 0.439. The van der Waals surface area contributed by atoms with Gasteiger partial charge in [-0.3, -0.25) is 4.68 Å². The van der Waals surface area contributed by atoms with Crippen LogP contribution in [0.4, 0.5) is 5.69 Å². The quantitative estimate of drug-likeness (QED) is 0.893. The second kappa shape index (κ2) is 5.89. The smallest absolute Gasteiger partial charge is 0.0910 e. The Balaban J connectivity index is 1.98. The van der Waals surface area contributed by atoms with Gasteiger partial charge in [-0.2, -0.15) is 5.10 Å². The van der Waals surface area contributed by atoms with Crippen LogP contribution in [0.25, 0.3) is 0 Å². The van der Waals surface area contributed by atoms with E-state index in [-0.39, 0.29) is 0 Å². The van der Waals surface area contributed by atoms with Gasteiger partial charge in [0, 0.05) is 31.7 Å². The molecule has 1 heterocycles. The van der Waals surface area contributed by atoms with Crippen molar-refractivity contribution in [3.8, 4) is 0 Å². The molecular formula is C15H21N3O. The van der Waals surface area contributed by atoms with Crippen LogP contribution in [0.3, 0.4) is 0 Å². The maximum atomic E-state index is 10.1. The summed E-state index contributed by atoms with van der Waals surface area (Å²) in [5.41, 5.74) is 3.64. The molecule has 0 saturated carbocycles. The number of benzene rings is 1.